The summed E-state index contributed by atoms with van der Waals surface area (Å²) in [4.78, 5) is 22.8. The van der Waals surface area contributed by atoms with Crippen molar-refractivity contribution in [3.63, 3.8) is 0 Å². The van der Waals surface area contributed by atoms with Crippen molar-refractivity contribution in [1.29, 1.82) is 0 Å². The van der Waals surface area contributed by atoms with Crippen LogP contribution in [-0.2, 0) is 11.2 Å². The third-order valence-electron chi connectivity index (χ3n) is 2.32. The number of carboxylic acids is 1. The van der Waals surface area contributed by atoms with Gasteiger partial charge in [-0.05, 0) is 6.04 Å². The van der Waals surface area contributed by atoms with Gasteiger partial charge in [-0.25, -0.2) is 0 Å². The second-order valence-corrected chi connectivity index (χ2v) is 3.45. The van der Waals surface area contributed by atoms with E-state index in [2.05, 4.69) is 0 Å². The number of benzene rings is 1. The zero-order valence-electron chi connectivity index (χ0n) is 13.1. The Morgan fingerprint density at radius 3 is 2.76 bits per heavy atom. The first-order valence-corrected chi connectivity index (χ1v) is 5.06. The van der Waals surface area contributed by atoms with Gasteiger partial charge in [-0.2, -0.15) is 0 Å². The first-order chi connectivity index (χ1) is 9.79. The molecule has 0 aliphatic rings. The second-order valence-electron chi connectivity index (χ2n) is 3.45. The molecule has 0 bridgehead atoms. The fourth-order valence-electron chi connectivity index (χ4n) is 1.64. The SMILES string of the molecule is [2H]c1c([2H])c([2H])c2c(C(=O)CC(=O)O)c(CC)oc2c1[2H]. The van der Waals surface area contributed by atoms with Crippen LogP contribution in [0.1, 0.15) is 34.9 Å². The van der Waals surface area contributed by atoms with E-state index in [1.807, 2.05) is 0 Å². The fourth-order valence-corrected chi connectivity index (χ4v) is 1.64. The van der Waals surface area contributed by atoms with Crippen LogP contribution in [0.4, 0.5) is 0 Å². The van der Waals surface area contributed by atoms with E-state index in [0.717, 1.165) is 0 Å². The molecule has 17 heavy (non-hydrogen) atoms. The standard InChI is InChI=1S/C13H12O4/c1-2-10-13(9(14)7-12(15)16)8-5-3-4-6-11(8)17-10/h3-6H,2,7H2,1H3,(H,15,16)/i3D,4D,5D,6D. The van der Waals surface area contributed by atoms with E-state index in [4.69, 9.17) is 15.0 Å². The van der Waals surface area contributed by atoms with Gasteiger partial charge in [0.25, 0.3) is 0 Å². The zero-order chi connectivity index (χ0) is 15.9. The molecule has 0 spiro atoms. The summed E-state index contributed by atoms with van der Waals surface area (Å²) in [6.45, 7) is 1.69. The largest absolute Gasteiger partial charge is 0.481 e. The summed E-state index contributed by atoms with van der Waals surface area (Å²) in [5.74, 6) is -1.87. The summed E-state index contributed by atoms with van der Waals surface area (Å²) < 4.78 is 36.3. The molecule has 0 amide bonds. The number of aryl methyl sites for hydroxylation is 1. The van der Waals surface area contributed by atoms with Crippen LogP contribution < -0.4 is 0 Å². The van der Waals surface area contributed by atoms with Gasteiger partial charge in [0.1, 0.15) is 17.8 Å². The van der Waals surface area contributed by atoms with Crippen LogP contribution in [0.5, 0.6) is 0 Å². The van der Waals surface area contributed by atoms with Crippen LogP contribution in [0.3, 0.4) is 0 Å². The molecular formula is C13H12O4. The van der Waals surface area contributed by atoms with E-state index in [-0.39, 0.29) is 34.8 Å². The number of carbonyl (C=O) groups is 2. The maximum Gasteiger partial charge on any atom is 0.311 e. The zero-order valence-corrected chi connectivity index (χ0v) is 9.09. The average molecular weight is 236 g/mol. The van der Waals surface area contributed by atoms with Gasteiger partial charge < -0.3 is 9.52 Å². The van der Waals surface area contributed by atoms with Gasteiger partial charge in [-0.1, -0.05) is 25.1 Å². The molecule has 0 radical (unpaired) electrons. The van der Waals surface area contributed by atoms with E-state index < -0.39 is 36.3 Å². The number of carboxylic acid groups (broad SMARTS) is 1. The lowest BCUT2D eigenvalue weighted by molar-refractivity contribution is -0.135. The lowest BCUT2D eigenvalue weighted by Gasteiger charge is -1.97. The first-order valence-electron chi connectivity index (χ1n) is 7.06. The van der Waals surface area contributed by atoms with Crippen molar-refractivity contribution >= 4 is 22.7 Å². The molecule has 88 valence electrons. The van der Waals surface area contributed by atoms with Gasteiger partial charge in [-0.15, -0.1) is 0 Å². The predicted molar refractivity (Wildman–Crippen MR) is 62.2 cm³/mol. The molecular weight excluding hydrogens is 220 g/mol. The molecule has 4 nitrogen and oxygen atoms in total. The van der Waals surface area contributed by atoms with E-state index in [0.29, 0.717) is 0 Å². The number of ketones is 1. The van der Waals surface area contributed by atoms with E-state index in [9.17, 15) is 9.59 Å². The Kier molecular flexibility index (Phi) is 1.89. The van der Waals surface area contributed by atoms with Crippen molar-refractivity contribution in [2.24, 2.45) is 0 Å². The number of furan rings is 1. The Bertz CT molecular complexity index is 764. The normalized spacial score (nSPS) is 13.9. The molecule has 0 atom stereocenters. The molecule has 0 aliphatic heterocycles. The van der Waals surface area contributed by atoms with Crippen LogP contribution >= 0.6 is 0 Å². The summed E-state index contributed by atoms with van der Waals surface area (Å²) in [6.07, 6.45) is -0.487. The number of rotatable bonds is 4. The molecule has 1 heterocycles. The highest BCUT2D eigenvalue weighted by atomic mass is 16.4. The predicted octanol–water partition coefficient (Wildman–Crippen LogP) is 2.65. The Morgan fingerprint density at radius 1 is 1.41 bits per heavy atom. The molecule has 0 saturated carbocycles. The quantitative estimate of drug-likeness (QED) is 0.654. The number of carbonyl (C=O) groups excluding carboxylic acids is 1. The third kappa shape index (κ3) is 2.06. The minimum atomic E-state index is -1.31. The first kappa shape index (κ1) is 7.27. The maximum absolute atomic E-state index is 12.1. The van der Waals surface area contributed by atoms with Crippen LogP contribution in [-0.4, -0.2) is 16.9 Å². The molecule has 1 aromatic heterocycles. The summed E-state index contributed by atoms with van der Waals surface area (Å²) in [5.41, 5.74) is -0.187. The Hall–Kier alpha value is -2.10. The van der Waals surface area contributed by atoms with Gasteiger partial charge >= 0.3 is 5.97 Å². The summed E-state index contributed by atoms with van der Waals surface area (Å²) in [7, 11) is 0. The average Bonchev–Trinajstić information content (AvgIpc) is 2.81. The number of aliphatic carboxylic acids is 1. The van der Waals surface area contributed by atoms with Crippen molar-refractivity contribution in [3.8, 4) is 0 Å². The van der Waals surface area contributed by atoms with Crippen LogP contribution in [0, 0.1) is 0 Å². The monoisotopic (exact) mass is 236 g/mol. The molecule has 2 aromatic rings. The summed E-state index contributed by atoms with van der Waals surface area (Å²) >= 11 is 0. The van der Waals surface area contributed by atoms with Crippen molar-refractivity contribution < 1.29 is 24.6 Å². The van der Waals surface area contributed by atoms with Crippen molar-refractivity contribution in [2.75, 3.05) is 0 Å². The smallest absolute Gasteiger partial charge is 0.311 e. The number of hydrogen-bond donors (Lipinski definition) is 1. The van der Waals surface area contributed by atoms with Gasteiger partial charge in [0.05, 0.1) is 11.0 Å². The minimum absolute atomic E-state index is 0.0518. The molecule has 0 saturated heterocycles. The van der Waals surface area contributed by atoms with E-state index >= 15 is 0 Å². The van der Waals surface area contributed by atoms with Gasteiger partial charge in [0.15, 0.2) is 5.78 Å². The summed E-state index contributed by atoms with van der Waals surface area (Å²) in [6, 6.07) is -1.72. The van der Waals surface area contributed by atoms with Crippen LogP contribution in [0.15, 0.2) is 28.6 Å². The summed E-state index contributed by atoms with van der Waals surface area (Å²) in [5, 5.41) is 8.69. The van der Waals surface area contributed by atoms with E-state index in [1.165, 1.54) is 0 Å². The number of hydrogen-bond acceptors (Lipinski definition) is 3. The fraction of sp³-hybridized carbons (Fsp3) is 0.231. The maximum atomic E-state index is 12.1. The molecule has 2 rings (SSSR count). The van der Waals surface area contributed by atoms with Crippen molar-refractivity contribution in [1.82, 2.24) is 0 Å². The molecule has 4 heteroatoms. The molecule has 0 fully saturated rings. The second kappa shape index (κ2) is 4.41. The highest BCUT2D eigenvalue weighted by molar-refractivity contribution is 6.13. The Morgan fingerprint density at radius 2 is 2.12 bits per heavy atom. The highest BCUT2D eigenvalue weighted by Crippen LogP contribution is 2.27. The molecule has 1 N–H and O–H groups in total. The number of para-hydroxylation sites is 1. The van der Waals surface area contributed by atoms with Gasteiger partial charge in [0.2, 0.25) is 0 Å². The van der Waals surface area contributed by atoms with Gasteiger partial charge in [-0.3, -0.25) is 9.59 Å². The minimum Gasteiger partial charge on any atom is -0.481 e. The Balaban J connectivity index is 2.86. The van der Waals surface area contributed by atoms with Crippen LogP contribution in [0.2, 0.25) is 0 Å². The highest BCUT2D eigenvalue weighted by Gasteiger charge is 2.21. The molecule has 0 aliphatic carbocycles. The van der Waals surface area contributed by atoms with Gasteiger partial charge in [0, 0.05) is 11.8 Å². The third-order valence-corrected chi connectivity index (χ3v) is 2.32. The lowest BCUT2D eigenvalue weighted by atomic mass is 10.0. The molecule has 0 unspecified atom stereocenters. The van der Waals surface area contributed by atoms with Crippen molar-refractivity contribution in [2.45, 2.75) is 19.8 Å². The number of fused-ring (bicyclic) bond motifs is 1. The van der Waals surface area contributed by atoms with Crippen LogP contribution in [0.25, 0.3) is 11.0 Å². The van der Waals surface area contributed by atoms with E-state index in [1.54, 1.807) is 6.92 Å². The number of Topliss-reactive ketones (excluding diaryl/α,β-unsaturated/α-hetero) is 1. The topological polar surface area (TPSA) is 67.5 Å². The Labute approximate surface area is 103 Å². The van der Waals surface area contributed by atoms with Crippen molar-refractivity contribution in [3.05, 3.63) is 35.5 Å². The lowest BCUT2D eigenvalue weighted by Crippen LogP contribution is -2.08. The molecule has 1 aromatic carbocycles.